The monoisotopic (exact) mass is 354 g/mol. The predicted molar refractivity (Wildman–Crippen MR) is 75.4 cm³/mol. The quantitative estimate of drug-likeness (QED) is 0.648. The highest BCUT2D eigenvalue weighted by Gasteiger charge is 2.33. The number of rotatable bonds is 4. The van der Waals surface area contributed by atoms with Crippen LogP contribution in [0.3, 0.4) is 0 Å². The molecule has 3 amide bonds. The van der Waals surface area contributed by atoms with E-state index in [4.69, 9.17) is 4.84 Å². The lowest BCUT2D eigenvalue weighted by Crippen LogP contribution is -2.32. The predicted octanol–water partition coefficient (Wildman–Crippen LogP) is 1.24. The Morgan fingerprint density at radius 2 is 1.71 bits per heavy atom. The van der Waals surface area contributed by atoms with E-state index in [1.807, 2.05) is 0 Å². The van der Waals surface area contributed by atoms with E-state index in [1.165, 1.54) is 24.3 Å². The summed E-state index contributed by atoms with van der Waals surface area (Å²) in [6, 6.07) is 5.89. The van der Waals surface area contributed by atoms with E-state index in [9.17, 15) is 19.2 Å². The molecule has 1 N–H and O–H groups in total. The third kappa shape index (κ3) is 3.66. The van der Waals surface area contributed by atoms with Crippen LogP contribution in [0.1, 0.15) is 23.2 Å². The molecule has 0 saturated carbocycles. The molecule has 8 heteroatoms. The second-order valence-corrected chi connectivity index (χ2v) is 4.78. The number of alkyl halides is 1. The van der Waals surface area contributed by atoms with Gasteiger partial charge in [0, 0.05) is 18.5 Å². The fourth-order valence-corrected chi connectivity index (χ4v) is 1.82. The Hall–Kier alpha value is -2.22. The normalized spacial score (nSPS) is 14.2. The number of hydroxylamine groups is 2. The van der Waals surface area contributed by atoms with E-state index in [-0.39, 0.29) is 29.6 Å². The van der Waals surface area contributed by atoms with Gasteiger partial charge in [0.1, 0.15) is 0 Å². The number of anilines is 1. The van der Waals surface area contributed by atoms with Crippen molar-refractivity contribution < 1.29 is 24.0 Å². The average molecular weight is 355 g/mol. The molecule has 21 heavy (non-hydrogen) atoms. The second-order valence-electron chi connectivity index (χ2n) is 4.22. The van der Waals surface area contributed by atoms with E-state index in [2.05, 4.69) is 21.2 Å². The average Bonchev–Trinajstić information content (AvgIpc) is 2.79. The number of nitrogens with zero attached hydrogens (tertiary/aromatic N) is 1. The third-order valence-electron chi connectivity index (χ3n) is 2.71. The Labute approximate surface area is 128 Å². The summed E-state index contributed by atoms with van der Waals surface area (Å²) in [5, 5.41) is 3.24. The van der Waals surface area contributed by atoms with Crippen LogP contribution in [0.5, 0.6) is 0 Å². The zero-order chi connectivity index (χ0) is 15.4. The van der Waals surface area contributed by atoms with Crippen molar-refractivity contribution in [3.05, 3.63) is 29.8 Å². The van der Waals surface area contributed by atoms with E-state index in [0.717, 1.165) is 0 Å². The minimum atomic E-state index is -0.808. The van der Waals surface area contributed by atoms with Crippen LogP contribution in [-0.4, -0.2) is 34.1 Å². The highest BCUT2D eigenvalue weighted by Crippen LogP contribution is 2.15. The number of nitrogens with one attached hydrogen (secondary N) is 1. The van der Waals surface area contributed by atoms with Crippen LogP contribution in [0.25, 0.3) is 0 Å². The van der Waals surface area contributed by atoms with Gasteiger partial charge < -0.3 is 10.2 Å². The van der Waals surface area contributed by atoms with Crippen LogP contribution in [0.2, 0.25) is 0 Å². The molecule has 1 aromatic rings. The number of benzene rings is 1. The first kappa shape index (κ1) is 15.2. The Bertz CT molecular complexity index is 583. The first-order chi connectivity index (χ1) is 10.0. The molecule has 0 radical (unpaired) electrons. The maximum Gasteiger partial charge on any atom is 0.363 e. The molecule has 0 unspecified atom stereocenters. The van der Waals surface area contributed by atoms with Gasteiger partial charge in [-0.2, -0.15) is 0 Å². The smallest absolute Gasteiger partial charge is 0.325 e. The van der Waals surface area contributed by atoms with Crippen LogP contribution >= 0.6 is 15.9 Å². The standard InChI is InChI=1S/C13H11BrN2O5/c14-7-10(17)15-9-3-1-8(2-4-9)13(20)21-16-11(18)5-6-12(16)19/h1-4H,5-7H2,(H,15,17). The van der Waals surface area contributed by atoms with E-state index in [0.29, 0.717) is 10.8 Å². The molecule has 0 spiro atoms. The van der Waals surface area contributed by atoms with Crippen molar-refractivity contribution in [1.82, 2.24) is 5.06 Å². The minimum Gasteiger partial charge on any atom is -0.325 e. The maximum atomic E-state index is 11.8. The van der Waals surface area contributed by atoms with Crippen LogP contribution in [0, 0.1) is 0 Å². The van der Waals surface area contributed by atoms with Gasteiger partial charge in [0.15, 0.2) is 0 Å². The van der Waals surface area contributed by atoms with E-state index >= 15 is 0 Å². The Kier molecular flexibility index (Phi) is 4.69. The number of hydrogen-bond donors (Lipinski definition) is 1. The topological polar surface area (TPSA) is 92.8 Å². The molecule has 1 aromatic carbocycles. The molecule has 2 rings (SSSR count). The fourth-order valence-electron chi connectivity index (χ4n) is 1.68. The van der Waals surface area contributed by atoms with Crippen molar-refractivity contribution in [1.29, 1.82) is 0 Å². The number of amides is 3. The van der Waals surface area contributed by atoms with Crippen molar-refractivity contribution in [2.24, 2.45) is 0 Å². The van der Waals surface area contributed by atoms with E-state index in [1.54, 1.807) is 0 Å². The zero-order valence-corrected chi connectivity index (χ0v) is 12.4. The summed E-state index contributed by atoms with van der Waals surface area (Å²) in [5.41, 5.74) is 0.684. The molecule has 0 bridgehead atoms. The lowest BCUT2D eigenvalue weighted by Gasteiger charge is -2.12. The molecule has 1 saturated heterocycles. The fraction of sp³-hybridized carbons (Fsp3) is 0.231. The summed E-state index contributed by atoms with van der Waals surface area (Å²) in [4.78, 5) is 50.4. The first-order valence-electron chi connectivity index (χ1n) is 6.05. The molecule has 110 valence electrons. The second kappa shape index (κ2) is 6.49. The molecule has 1 aliphatic rings. The Morgan fingerprint density at radius 1 is 1.14 bits per heavy atom. The number of halogens is 1. The van der Waals surface area contributed by atoms with Crippen molar-refractivity contribution in [3.63, 3.8) is 0 Å². The number of carbonyl (C=O) groups is 4. The van der Waals surface area contributed by atoms with Gasteiger partial charge >= 0.3 is 5.97 Å². The molecule has 1 fully saturated rings. The van der Waals surface area contributed by atoms with Gasteiger partial charge in [-0.15, -0.1) is 5.06 Å². The molecule has 0 aliphatic carbocycles. The highest BCUT2D eigenvalue weighted by atomic mass is 79.9. The lowest BCUT2D eigenvalue weighted by molar-refractivity contribution is -0.172. The van der Waals surface area contributed by atoms with Crippen LogP contribution in [-0.2, 0) is 19.2 Å². The SMILES string of the molecule is O=C(CBr)Nc1ccc(C(=O)ON2C(=O)CCC2=O)cc1. The van der Waals surface area contributed by atoms with Crippen molar-refractivity contribution in [2.45, 2.75) is 12.8 Å². The highest BCUT2D eigenvalue weighted by molar-refractivity contribution is 9.09. The first-order valence-corrected chi connectivity index (χ1v) is 7.17. The van der Waals surface area contributed by atoms with Crippen LogP contribution < -0.4 is 5.32 Å². The lowest BCUT2D eigenvalue weighted by atomic mass is 10.2. The number of carbonyl (C=O) groups excluding carboxylic acids is 4. The third-order valence-corrected chi connectivity index (χ3v) is 3.21. The van der Waals surface area contributed by atoms with Crippen molar-refractivity contribution >= 4 is 45.3 Å². The molecule has 0 aromatic heterocycles. The summed E-state index contributed by atoms with van der Waals surface area (Å²) in [5.74, 6) is -2.10. The minimum absolute atomic E-state index is 0.0453. The summed E-state index contributed by atoms with van der Waals surface area (Å²) in [6.07, 6.45) is 0.0905. The summed E-state index contributed by atoms with van der Waals surface area (Å²) < 4.78 is 0. The van der Waals surface area contributed by atoms with Gasteiger partial charge in [-0.3, -0.25) is 14.4 Å². The molecule has 7 nitrogen and oxygen atoms in total. The van der Waals surface area contributed by atoms with Gasteiger partial charge in [0.05, 0.1) is 10.9 Å². The van der Waals surface area contributed by atoms with E-state index < -0.39 is 17.8 Å². The van der Waals surface area contributed by atoms with Gasteiger partial charge in [-0.1, -0.05) is 15.9 Å². The molecule has 0 atom stereocenters. The molecular weight excluding hydrogens is 344 g/mol. The molecule has 1 heterocycles. The zero-order valence-electron chi connectivity index (χ0n) is 10.8. The maximum absolute atomic E-state index is 11.8. The summed E-state index contributed by atoms with van der Waals surface area (Å²) in [7, 11) is 0. The van der Waals surface area contributed by atoms with Gasteiger partial charge in [0.25, 0.3) is 11.8 Å². The number of imide groups is 1. The summed E-state index contributed by atoms with van der Waals surface area (Å²) >= 11 is 3.01. The van der Waals surface area contributed by atoms with Crippen molar-refractivity contribution in [3.8, 4) is 0 Å². The van der Waals surface area contributed by atoms with Gasteiger partial charge in [0.2, 0.25) is 5.91 Å². The van der Waals surface area contributed by atoms with Crippen LogP contribution in [0.15, 0.2) is 24.3 Å². The Morgan fingerprint density at radius 3 is 2.24 bits per heavy atom. The molecule has 1 aliphatic heterocycles. The van der Waals surface area contributed by atoms with Gasteiger partial charge in [-0.05, 0) is 24.3 Å². The van der Waals surface area contributed by atoms with Crippen molar-refractivity contribution in [2.75, 3.05) is 10.6 Å². The number of hydrogen-bond acceptors (Lipinski definition) is 5. The Balaban J connectivity index is 2.01. The van der Waals surface area contributed by atoms with Gasteiger partial charge in [-0.25, -0.2) is 4.79 Å². The molecular formula is C13H11BrN2O5. The summed E-state index contributed by atoms with van der Waals surface area (Å²) in [6.45, 7) is 0. The largest absolute Gasteiger partial charge is 0.363 e. The van der Waals surface area contributed by atoms with Crippen LogP contribution in [0.4, 0.5) is 5.69 Å².